The van der Waals surface area contributed by atoms with E-state index in [9.17, 15) is 15.2 Å². The molecule has 0 aliphatic rings. The zero-order valence-corrected chi connectivity index (χ0v) is 12.6. The van der Waals surface area contributed by atoms with E-state index < -0.39 is 4.92 Å². The molecule has 0 aliphatic heterocycles. The molecule has 0 aliphatic carbocycles. The molecule has 1 aromatic heterocycles. The topological polar surface area (TPSA) is 118 Å². The Balaban J connectivity index is 2.37. The Bertz CT molecular complexity index is 738. The van der Waals surface area contributed by atoms with Crippen LogP contribution in [-0.2, 0) is 13.2 Å². The number of aliphatic hydroxyl groups is 1. The molecule has 2 aromatic rings. The van der Waals surface area contributed by atoms with E-state index in [0.717, 1.165) is 6.42 Å². The van der Waals surface area contributed by atoms with Crippen LogP contribution in [0.25, 0.3) is 0 Å². The number of nitriles is 1. The number of hydrogen-bond acceptors (Lipinski definition) is 7. The molecule has 0 saturated carbocycles. The van der Waals surface area contributed by atoms with Crippen molar-refractivity contribution in [3.05, 3.63) is 39.7 Å². The van der Waals surface area contributed by atoms with Crippen LogP contribution >= 0.6 is 11.8 Å². The zero-order chi connectivity index (χ0) is 16.1. The van der Waals surface area contributed by atoms with E-state index in [4.69, 9.17) is 5.26 Å². The molecule has 0 saturated heterocycles. The molecule has 1 aromatic carbocycles. The third kappa shape index (κ3) is 3.24. The number of aliphatic hydroxyl groups excluding tert-OH is 1. The van der Waals surface area contributed by atoms with E-state index in [1.165, 1.54) is 30.0 Å². The predicted octanol–water partition coefficient (Wildman–Crippen LogP) is 2.11. The summed E-state index contributed by atoms with van der Waals surface area (Å²) < 4.78 is 1.77. The summed E-state index contributed by atoms with van der Waals surface area (Å²) in [6.45, 7) is 2.40. The molecule has 1 N–H and O–H groups in total. The average molecular weight is 319 g/mol. The molecule has 0 unspecified atom stereocenters. The van der Waals surface area contributed by atoms with Gasteiger partial charge >= 0.3 is 0 Å². The Hall–Kier alpha value is -2.44. The van der Waals surface area contributed by atoms with E-state index in [-0.39, 0.29) is 17.9 Å². The van der Waals surface area contributed by atoms with Gasteiger partial charge in [-0.15, -0.1) is 10.2 Å². The highest BCUT2D eigenvalue weighted by molar-refractivity contribution is 7.99. The molecule has 1 heterocycles. The zero-order valence-electron chi connectivity index (χ0n) is 11.8. The van der Waals surface area contributed by atoms with Gasteiger partial charge in [-0.1, -0.05) is 6.92 Å². The summed E-state index contributed by atoms with van der Waals surface area (Å²) in [6, 6.07) is 6.05. The smallest absolute Gasteiger partial charge is 0.270 e. The minimum absolute atomic E-state index is 0.132. The summed E-state index contributed by atoms with van der Waals surface area (Å²) in [7, 11) is 0. The van der Waals surface area contributed by atoms with Crippen LogP contribution in [0.2, 0.25) is 0 Å². The number of non-ortho nitro benzene ring substituents is 1. The van der Waals surface area contributed by atoms with Crippen molar-refractivity contribution in [1.82, 2.24) is 14.8 Å². The lowest BCUT2D eigenvalue weighted by Gasteiger charge is -2.08. The first-order chi connectivity index (χ1) is 10.6. The number of hydrogen-bond donors (Lipinski definition) is 1. The second kappa shape index (κ2) is 7.02. The van der Waals surface area contributed by atoms with Gasteiger partial charge in [-0.25, -0.2) is 0 Å². The lowest BCUT2D eigenvalue weighted by Crippen LogP contribution is -2.04. The van der Waals surface area contributed by atoms with Crippen LogP contribution < -0.4 is 0 Å². The first-order valence-electron chi connectivity index (χ1n) is 6.50. The van der Waals surface area contributed by atoms with Crippen molar-refractivity contribution in [2.24, 2.45) is 0 Å². The molecular weight excluding hydrogens is 306 g/mol. The van der Waals surface area contributed by atoms with Gasteiger partial charge in [0.05, 0.1) is 10.5 Å². The van der Waals surface area contributed by atoms with Gasteiger partial charge in [0.2, 0.25) is 0 Å². The molecule has 9 heteroatoms. The number of nitro groups is 1. The minimum Gasteiger partial charge on any atom is -0.388 e. The standard InChI is InChI=1S/C13H13N5O3S/c1-2-5-17-12(8-19)15-16-13(17)22-11-4-3-10(18(20)21)6-9(11)7-14/h3-4,6,19H,2,5,8H2,1H3. The van der Waals surface area contributed by atoms with E-state index >= 15 is 0 Å². The molecule has 114 valence electrons. The summed E-state index contributed by atoms with van der Waals surface area (Å²) in [5, 5.41) is 37.6. The maximum absolute atomic E-state index is 10.8. The van der Waals surface area contributed by atoms with Crippen LogP contribution in [-0.4, -0.2) is 24.8 Å². The van der Waals surface area contributed by atoms with Crippen molar-refractivity contribution in [3.63, 3.8) is 0 Å². The molecule has 2 rings (SSSR count). The van der Waals surface area contributed by atoms with Gasteiger partial charge in [-0.05, 0) is 24.2 Å². The molecular formula is C13H13N5O3S. The summed E-state index contributed by atoms with van der Waals surface area (Å²) >= 11 is 1.20. The van der Waals surface area contributed by atoms with Gasteiger partial charge < -0.3 is 9.67 Å². The first kappa shape index (κ1) is 15.9. The molecule has 0 spiro atoms. The molecule has 0 fully saturated rings. The summed E-state index contributed by atoms with van der Waals surface area (Å²) in [6.07, 6.45) is 0.837. The quantitative estimate of drug-likeness (QED) is 0.639. The second-order valence-corrected chi connectivity index (χ2v) is 5.37. The Morgan fingerprint density at radius 1 is 1.50 bits per heavy atom. The molecule has 0 radical (unpaired) electrons. The second-order valence-electron chi connectivity index (χ2n) is 4.36. The molecule has 0 bridgehead atoms. The van der Waals surface area contributed by atoms with Gasteiger partial charge in [-0.2, -0.15) is 5.26 Å². The van der Waals surface area contributed by atoms with E-state index in [2.05, 4.69) is 10.2 Å². The van der Waals surface area contributed by atoms with Gasteiger partial charge in [0, 0.05) is 23.6 Å². The fraction of sp³-hybridized carbons (Fsp3) is 0.308. The van der Waals surface area contributed by atoms with Crippen molar-refractivity contribution in [3.8, 4) is 6.07 Å². The third-order valence-electron chi connectivity index (χ3n) is 2.88. The number of aromatic nitrogens is 3. The van der Waals surface area contributed by atoms with Crippen molar-refractivity contribution in [1.29, 1.82) is 5.26 Å². The molecule has 0 amide bonds. The Morgan fingerprint density at radius 2 is 2.27 bits per heavy atom. The fourth-order valence-electron chi connectivity index (χ4n) is 1.87. The van der Waals surface area contributed by atoms with Gasteiger partial charge in [0.15, 0.2) is 11.0 Å². The highest BCUT2D eigenvalue weighted by atomic mass is 32.2. The van der Waals surface area contributed by atoms with Gasteiger partial charge in [-0.3, -0.25) is 10.1 Å². The van der Waals surface area contributed by atoms with E-state index in [1.54, 1.807) is 4.57 Å². The van der Waals surface area contributed by atoms with Gasteiger partial charge in [0.1, 0.15) is 12.7 Å². The molecule has 22 heavy (non-hydrogen) atoms. The largest absolute Gasteiger partial charge is 0.388 e. The minimum atomic E-state index is -0.543. The summed E-state index contributed by atoms with van der Waals surface area (Å²) in [5.74, 6) is 0.449. The van der Waals surface area contributed by atoms with Crippen LogP contribution in [0.5, 0.6) is 0 Å². The SMILES string of the molecule is CCCn1c(CO)nnc1Sc1ccc([N+](=O)[O-])cc1C#N. The number of nitro benzene ring substituents is 1. The first-order valence-corrected chi connectivity index (χ1v) is 7.31. The Labute approximate surface area is 130 Å². The molecule has 0 atom stereocenters. The van der Waals surface area contributed by atoms with Crippen molar-refractivity contribution in [2.45, 2.75) is 36.5 Å². The summed E-state index contributed by atoms with van der Waals surface area (Å²) in [5.41, 5.74) is 0.0720. The maximum Gasteiger partial charge on any atom is 0.270 e. The highest BCUT2D eigenvalue weighted by Gasteiger charge is 2.16. The number of rotatable bonds is 6. The maximum atomic E-state index is 10.8. The third-order valence-corrected chi connectivity index (χ3v) is 3.94. The van der Waals surface area contributed by atoms with Crippen molar-refractivity contribution < 1.29 is 10.0 Å². The van der Waals surface area contributed by atoms with E-state index in [1.807, 2.05) is 13.0 Å². The lowest BCUT2D eigenvalue weighted by molar-refractivity contribution is -0.384. The normalized spacial score (nSPS) is 10.4. The van der Waals surface area contributed by atoms with Crippen molar-refractivity contribution in [2.75, 3.05) is 0 Å². The van der Waals surface area contributed by atoms with Crippen LogP contribution in [0.3, 0.4) is 0 Å². The highest BCUT2D eigenvalue weighted by Crippen LogP contribution is 2.31. The predicted molar refractivity (Wildman–Crippen MR) is 78.2 cm³/mol. The average Bonchev–Trinajstić information content (AvgIpc) is 2.90. The number of nitrogens with zero attached hydrogens (tertiary/aromatic N) is 5. The fourth-order valence-corrected chi connectivity index (χ4v) is 2.80. The van der Waals surface area contributed by atoms with Gasteiger partial charge in [0.25, 0.3) is 5.69 Å². The van der Waals surface area contributed by atoms with Crippen LogP contribution in [0.1, 0.15) is 24.7 Å². The number of benzene rings is 1. The van der Waals surface area contributed by atoms with Crippen LogP contribution in [0.4, 0.5) is 5.69 Å². The van der Waals surface area contributed by atoms with Crippen molar-refractivity contribution >= 4 is 17.4 Å². The Kier molecular flexibility index (Phi) is 5.08. The lowest BCUT2D eigenvalue weighted by atomic mass is 10.2. The van der Waals surface area contributed by atoms with Crippen LogP contribution in [0, 0.1) is 21.4 Å². The monoisotopic (exact) mass is 319 g/mol. The summed E-state index contributed by atoms with van der Waals surface area (Å²) in [4.78, 5) is 10.8. The molecule has 8 nitrogen and oxygen atoms in total. The van der Waals surface area contributed by atoms with Crippen LogP contribution in [0.15, 0.2) is 28.3 Å². The van der Waals surface area contributed by atoms with E-state index in [0.29, 0.717) is 22.4 Å². The Morgan fingerprint density at radius 3 is 2.86 bits per heavy atom.